The van der Waals surface area contributed by atoms with Gasteiger partial charge in [-0.3, -0.25) is 4.68 Å². The quantitative estimate of drug-likeness (QED) is 0.531. The molecule has 4 heteroatoms. The molecule has 1 N–H and O–H groups in total. The van der Waals surface area contributed by atoms with Crippen LogP contribution in [0.5, 0.6) is 0 Å². The van der Waals surface area contributed by atoms with Crippen molar-refractivity contribution >= 4 is 0 Å². The van der Waals surface area contributed by atoms with Crippen LogP contribution in [0, 0.1) is 0 Å². The molecule has 44 valence electrons. The fourth-order valence-electron chi connectivity index (χ4n) is 0.318. The smallest absolute Gasteiger partial charge is 0.152 e. The van der Waals surface area contributed by atoms with Gasteiger partial charge in [0.25, 0.3) is 0 Å². The van der Waals surface area contributed by atoms with Gasteiger partial charge in [0.05, 0.1) is 2.74 Å². The van der Waals surface area contributed by atoms with Crippen molar-refractivity contribution < 1.29 is 12.0 Å². The highest BCUT2D eigenvalue weighted by Crippen LogP contribution is 1.86. The first-order chi connectivity index (χ1) is 5.73. The lowest BCUT2D eigenvalue weighted by Gasteiger charge is -1.89. The van der Waals surface area contributed by atoms with E-state index >= 15 is 0 Å². The van der Waals surface area contributed by atoms with E-state index in [2.05, 4.69) is 10.1 Å². The zero-order valence-corrected chi connectivity index (χ0v) is 3.87. The summed E-state index contributed by atoms with van der Waals surface area (Å²) in [4.78, 5) is 3.32. The standard InChI is InChI=1S/C4H7N3O/c1-7-4(2-8)5-3-6-7/h3,8H,2H2,1H3/i1D3,2D2. The van der Waals surface area contributed by atoms with Crippen molar-refractivity contribution in [2.24, 2.45) is 6.98 Å². The lowest BCUT2D eigenvalue weighted by Crippen LogP contribution is -1.97. The van der Waals surface area contributed by atoms with Gasteiger partial charge in [0.1, 0.15) is 12.9 Å². The van der Waals surface area contributed by atoms with E-state index in [0.717, 1.165) is 6.33 Å². The number of rotatable bonds is 1. The molecule has 0 unspecified atom stereocenters. The minimum atomic E-state index is -2.80. The van der Waals surface area contributed by atoms with Crippen LogP contribution >= 0.6 is 0 Å². The highest BCUT2D eigenvalue weighted by atomic mass is 16.3. The summed E-state index contributed by atoms with van der Waals surface area (Å²) >= 11 is 0. The van der Waals surface area contributed by atoms with Gasteiger partial charge < -0.3 is 5.11 Å². The van der Waals surface area contributed by atoms with Crippen LogP contribution in [0.1, 0.15) is 12.7 Å². The molecular weight excluding hydrogens is 106 g/mol. The van der Waals surface area contributed by atoms with Gasteiger partial charge in [0.15, 0.2) is 5.82 Å². The topological polar surface area (TPSA) is 50.9 Å². The Morgan fingerprint density at radius 2 is 3.12 bits per heavy atom. The van der Waals surface area contributed by atoms with Crippen molar-refractivity contribution in [2.75, 3.05) is 0 Å². The zero-order chi connectivity index (χ0) is 10.3. The summed E-state index contributed by atoms with van der Waals surface area (Å²) in [5.74, 6) is -0.632. The van der Waals surface area contributed by atoms with Gasteiger partial charge in [-0.05, 0) is 0 Å². The van der Waals surface area contributed by atoms with E-state index in [1.165, 1.54) is 0 Å². The second kappa shape index (κ2) is 1.92. The molecule has 1 aromatic rings. The van der Waals surface area contributed by atoms with Crippen LogP contribution in [0.3, 0.4) is 0 Å². The largest absolute Gasteiger partial charge is 0.388 e. The minimum Gasteiger partial charge on any atom is -0.388 e. The average Bonchev–Trinajstić information content (AvgIpc) is 2.27. The number of aryl methyl sites for hydroxylation is 1. The van der Waals surface area contributed by atoms with E-state index in [0.29, 0.717) is 4.68 Å². The Kier molecular flexibility index (Phi) is 0.432. The van der Waals surface area contributed by atoms with Crippen LogP contribution in [-0.4, -0.2) is 19.9 Å². The summed E-state index contributed by atoms with van der Waals surface area (Å²) in [6.07, 6.45) is 0.871. The maximum atomic E-state index is 8.88. The normalized spacial score (nSPS) is 22.4. The van der Waals surface area contributed by atoms with E-state index in [4.69, 9.17) is 12.0 Å². The number of hydrogen-bond donors (Lipinski definition) is 1. The SMILES string of the molecule is [2H]C([2H])(O)c1ncnn1C([2H])([2H])[2H]. The van der Waals surface area contributed by atoms with Crippen molar-refractivity contribution in [3.8, 4) is 0 Å². The summed E-state index contributed by atoms with van der Waals surface area (Å²) in [5.41, 5.74) is 0. The fourth-order valence-corrected chi connectivity index (χ4v) is 0.318. The summed E-state index contributed by atoms with van der Waals surface area (Å²) < 4.78 is 34.9. The summed E-state index contributed by atoms with van der Waals surface area (Å²) in [6, 6.07) is 0. The summed E-state index contributed by atoms with van der Waals surface area (Å²) in [7, 11) is 0. The van der Waals surface area contributed by atoms with Gasteiger partial charge in [0.2, 0.25) is 0 Å². The Balaban J connectivity index is 3.19. The Morgan fingerprint density at radius 3 is 3.62 bits per heavy atom. The molecule has 8 heavy (non-hydrogen) atoms. The highest BCUT2D eigenvalue weighted by molar-refractivity contribution is 4.78. The molecule has 0 radical (unpaired) electrons. The zero-order valence-electron chi connectivity index (χ0n) is 8.87. The molecule has 0 aliphatic carbocycles. The number of aromatic nitrogens is 3. The number of nitrogens with zero attached hydrogens (tertiary/aromatic N) is 3. The first kappa shape index (κ1) is 1.80. The highest BCUT2D eigenvalue weighted by Gasteiger charge is 1.93. The third-order valence-electron chi connectivity index (χ3n) is 0.648. The van der Waals surface area contributed by atoms with Crippen molar-refractivity contribution in [1.29, 1.82) is 0 Å². The molecule has 0 saturated heterocycles. The Bertz CT molecular complexity index is 271. The average molecular weight is 118 g/mol. The second-order valence-corrected chi connectivity index (χ2v) is 1.11. The van der Waals surface area contributed by atoms with Gasteiger partial charge >= 0.3 is 0 Å². The summed E-state index contributed by atoms with van der Waals surface area (Å²) in [6.45, 7) is -5.44. The van der Waals surface area contributed by atoms with Gasteiger partial charge in [0, 0.05) is 11.1 Å². The molecule has 0 bridgehead atoms. The molecule has 0 spiro atoms. The Labute approximate surface area is 53.8 Å². The van der Waals surface area contributed by atoms with Crippen LogP contribution in [0.2, 0.25) is 0 Å². The molecule has 0 amide bonds. The van der Waals surface area contributed by atoms with E-state index in [1.54, 1.807) is 0 Å². The van der Waals surface area contributed by atoms with E-state index in [9.17, 15) is 0 Å². The maximum absolute atomic E-state index is 8.88. The number of aliphatic hydroxyl groups is 1. The van der Waals surface area contributed by atoms with Crippen LogP contribution in [-0.2, 0) is 13.5 Å². The first-order valence-corrected chi connectivity index (χ1v) is 1.86. The molecule has 0 aliphatic heterocycles. The van der Waals surface area contributed by atoms with E-state index in [-0.39, 0.29) is 0 Å². The molecule has 0 fully saturated rings. The van der Waals surface area contributed by atoms with Gasteiger partial charge in [-0.15, -0.1) is 0 Å². The third-order valence-corrected chi connectivity index (χ3v) is 0.648. The van der Waals surface area contributed by atoms with Crippen molar-refractivity contribution in [3.05, 3.63) is 12.2 Å². The number of hydrogen-bond acceptors (Lipinski definition) is 3. The molecule has 1 rings (SSSR count). The summed E-state index contributed by atoms with van der Waals surface area (Å²) in [5, 5.41) is 12.2. The first-order valence-electron chi connectivity index (χ1n) is 4.36. The lowest BCUT2D eigenvalue weighted by molar-refractivity contribution is 0.265. The monoisotopic (exact) mass is 118 g/mol. The van der Waals surface area contributed by atoms with Crippen LogP contribution in [0.15, 0.2) is 6.33 Å². The van der Waals surface area contributed by atoms with Gasteiger partial charge in [-0.1, -0.05) is 0 Å². The predicted molar refractivity (Wildman–Crippen MR) is 26.9 cm³/mol. The van der Waals surface area contributed by atoms with E-state index < -0.39 is 19.4 Å². The van der Waals surface area contributed by atoms with Gasteiger partial charge in [-0.25, -0.2) is 4.98 Å². The van der Waals surface area contributed by atoms with Crippen molar-refractivity contribution in [3.63, 3.8) is 0 Å². The van der Waals surface area contributed by atoms with Crippen LogP contribution in [0.25, 0.3) is 0 Å². The van der Waals surface area contributed by atoms with Crippen molar-refractivity contribution in [2.45, 2.75) is 6.56 Å². The molecule has 1 heterocycles. The third kappa shape index (κ3) is 0.696. The van der Waals surface area contributed by atoms with Gasteiger partial charge in [-0.2, -0.15) is 5.10 Å². The fraction of sp³-hybridized carbons (Fsp3) is 0.500. The molecule has 0 aromatic carbocycles. The molecule has 0 saturated carbocycles. The molecule has 0 aliphatic rings. The molecular formula is C4H7N3O. The lowest BCUT2D eigenvalue weighted by atomic mass is 10.7. The van der Waals surface area contributed by atoms with Crippen LogP contribution < -0.4 is 0 Å². The minimum absolute atomic E-state index is 0.368. The Hall–Kier alpha value is -0.900. The van der Waals surface area contributed by atoms with Crippen molar-refractivity contribution in [1.82, 2.24) is 14.8 Å². The molecule has 0 atom stereocenters. The second-order valence-electron chi connectivity index (χ2n) is 1.11. The van der Waals surface area contributed by atoms with E-state index in [1.807, 2.05) is 0 Å². The predicted octanol–water partition coefficient (Wildman–Crippen LogP) is -0.693. The molecule has 4 nitrogen and oxygen atoms in total. The maximum Gasteiger partial charge on any atom is 0.152 e. The molecule has 1 aromatic heterocycles. The van der Waals surface area contributed by atoms with Crippen LogP contribution in [0.4, 0.5) is 0 Å². The Morgan fingerprint density at radius 1 is 2.25 bits per heavy atom.